The van der Waals surface area contributed by atoms with Gasteiger partial charge in [0.05, 0.1) is 11.5 Å². The Labute approximate surface area is 127 Å². The Bertz CT molecular complexity index is 519. The van der Waals surface area contributed by atoms with Crippen molar-refractivity contribution in [2.45, 2.75) is 25.3 Å². The molecule has 0 aromatic heterocycles. The summed E-state index contributed by atoms with van der Waals surface area (Å²) in [6, 6.07) is 5.29. The van der Waals surface area contributed by atoms with Gasteiger partial charge in [0.25, 0.3) is 5.91 Å². The summed E-state index contributed by atoms with van der Waals surface area (Å²) in [6.45, 7) is 0. The third-order valence-electron chi connectivity index (χ3n) is 3.29. The fraction of sp³-hybridized carbons (Fsp3) is 0.385. The topological polar surface area (TPSA) is 66.4 Å². The van der Waals surface area contributed by atoms with Gasteiger partial charge in [0.2, 0.25) is 0 Å². The molecule has 1 saturated carbocycles. The number of amides is 1. The summed E-state index contributed by atoms with van der Waals surface area (Å²) in [6.07, 6.45) is 1.86. The van der Waals surface area contributed by atoms with Gasteiger partial charge in [-0.25, -0.2) is 0 Å². The van der Waals surface area contributed by atoms with Gasteiger partial charge in [0.15, 0.2) is 0 Å². The first-order chi connectivity index (χ1) is 8.97. The van der Waals surface area contributed by atoms with E-state index in [1.54, 1.807) is 12.1 Å². The molecule has 0 bridgehead atoms. The molecule has 0 heterocycles. The normalized spacial score (nSPS) is 22.2. The lowest BCUT2D eigenvalue weighted by Gasteiger charge is -2.13. The molecule has 19 heavy (non-hydrogen) atoms. The van der Waals surface area contributed by atoms with Crippen LogP contribution in [0.15, 0.2) is 27.1 Å². The maximum absolute atomic E-state index is 12.1. The first-order valence-corrected chi connectivity index (χ1v) is 7.54. The zero-order valence-corrected chi connectivity index (χ0v) is 13.2. The molecule has 0 radical (unpaired) electrons. The van der Waals surface area contributed by atoms with Crippen LogP contribution >= 0.6 is 31.9 Å². The Hall–Kier alpha value is -0.880. The number of hydrogen-bond donors (Lipinski definition) is 2. The van der Waals surface area contributed by atoms with Gasteiger partial charge in [0, 0.05) is 15.0 Å². The molecule has 0 aliphatic heterocycles. The van der Waals surface area contributed by atoms with Crippen LogP contribution in [0.1, 0.15) is 29.6 Å². The number of benzene rings is 1. The van der Waals surface area contributed by atoms with E-state index in [0.717, 1.165) is 10.9 Å². The van der Waals surface area contributed by atoms with Gasteiger partial charge in [-0.15, -0.1) is 0 Å². The monoisotopic (exact) mass is 389 g/mol. The highest BCUT2D eigenvalue weighted by Gasteiger charge is 2.30. The molecule has 1 aromatic carbocycles. The van der Waals surface area contributed by atoms with Crippen molar-refractivity contribution in [1.82, 2.24) is 5.32 Å². The molecule has 0 spiro atoms. The molecule has 4 nitrogen and oxygen atoms in total. The predicted octanol–water partition coefficient (Wildman–Crippen LogP) is 3.19. The summed E-state index contributed by atoms with van der Waals surface area (Å²) in [5.41, 5.74) is 0.557. The molecule has 102 valence electrons. The van der Waals surface area contributed by atoms with Gasteiger partial charge in [-0.2, -0.15) is 0 Å². The number of hydrogen-bond acceptors (Lipinski definition) is 2. The van der Waals surface area contributed by atoms with Crippen LogP contribution in [0.2, 0.25) is 0 Å². The minimum atomic E-state index is -0.776. The summed E-state index contributed by atoms with van der Waals surface area (Å²) in [5.74, 6) is -1.28. The lowest BCUT2D eigenvalue weighted by Crippen LogP contribution is -2.33. The van der Waals surface area contributed by atoms with Crippen molar-refractivity contribution in [3.63, 3.8) is 0 Å². The number of rotatable bonds is 3. The van der Waals surface area contributed by atoms with E-state index in [4.69, 9.17) is 5.11 Å². The van der Waals surface area contributed by atoms with Crippen molar-refractivity contribution < 1.29 is 14.7 Å². The number of carbonyl (C=O) groups excluding carboxylic acids is 1. The van der Waals surface area contributed by atoms with Crippen LogP contribution in [0.3, 0.4) is 0 Å². The van der Waals surface area contributed by atoms with Crippen LogP contribution in [-0.4, -0.2) is 23.0 Å². The molecular formula is C13H13Br2NO3. The van der Waals surface area contributed by atoms with E-state index in [9.17, 15) is 9.59 Å². The fourth-order valence-corrected chi connectivity index (χ4v) is 3.50. The molecule has 1 aliphatic rings. The van der Waals surface area contributed by atoms with E-state index in [-0.39, 0.29) is 17.9 Å². The average Bonchev–Trinajstić information content (AvgIpc) is 2.77. The molecule has 1 aliphatic carbocycles. The van der Waals surface area contributed by atoms with Crippen molar-refractivity contribution in [2.24, 2.45) is 5.92 Å². The van der Waals surface area contributed by atoms with Crippen LogP contribution < -0.4 is 5.32 Å². The second kappa shape index (κ2) is 6.05. The zero-order chi connectivity index (χ0) is 14.0. The Morgan fingerprint density at radius 3 is 2.58 bits per heavy atom. The molecular weight excluding hydrogens is 378 g/mol. The van der Waals surface area contributed by atoms with Crippen molar-refractivity contribution >= 4 is 43.7 Å². The van der Waals surface area contributed by atoms with Gasteiger partial charge in [-0.3, -0.25) is 9.59 Å². The standard InChI is InChI=1S/C13H13Br2NO3/c14-8-2-4-10(11(15)6-8)12(17)16-9-3-1-7(5-9)13(18)19/h2,4,6-7,9H,1,3,5H2,(H,16,17)(H,18,19). The summed E-state index contributed by atoms with van der Waals surface area (Å²) in [7, 11) is 0. The van der Waals surface area contributed by atoms with E-state index < -0.39 is 5.97 Å². The van der Waals surface area contributed by atoms with Gasteiger partial charge in [-0.05, 0) is 53.4 Å². The highest BCUT2D eigenvalue weighted by Crippen LogP contribution is 2.27. The Balaban J connectivity index is 2.00. The highest BCUT2D eigenvalue weighted by molar-refractivity contribution is 9.11. The second-order valence-electron chi connectivity index (χ2n) is 4.64. The van der Waals surface area contributed by atoms with Crippen molar-refractivity contribution in [3.8, 4) is 0 Å². The number of nitrogens with one attached hydrogen (secondary N) is 1. The van der Waals surface area contributed by atoms with Crippen LogP contribution in [0.4, 0.5) is 0 Å². The van der Waals surface area contributed by atoms with E-state index in [0.29, 0.717) is 22.9 Å². The fourth-order valence-electron chi connectivity index (χ4n) is 2.27. The molecule has 1 amide bonds. The molecule has 2 atom stereocenters. The summed E-state index contributed by atoms with van der Waals surface area (Å²) < 4.78 is 1.61. The van der Waals surface area contributed by atoms with Gasteiger partial charge in [0.1, 0.15) is 0 Å². The van der Waals surface area contributed by atoms with Crippen LogP contribution in [0, 0.1) is 5.92 Å². The first kappa shape index (κ1) is 14.5. The van der Waals surface area contributed by atoms with E-state index in [2.05, 4.69) is 37.2 Å². The minimum absolute atomic E-state index is 0.0517. The van der Waals surface area contributed by atoms with Gasteiger partial charge < -0.3 is 10.4 Å². The lowest BCUT2D eigenvalue weighted by molar-refractivity contribution is -0.141. The molecule has 6 heteroatoms. The van der Waals surface area contributed by atoms with Crippen LogP contribution in [0.5, 0.6) is 0 Å². The highest BCUT2D eigenvalue weighted by atomic mass is 79.9. The summed E-state index contributed by atoms with van der Waals surface area (Å²) >= 11 is 6.68. The predicted molar refractivity (Wildman–Crippen MR) is 78.1 cm³/mol. The number of carbonyl (C=O) groups is 2. The van der Waals surface area contributed by atoms with Crippen LogP contribution in [-0.2, 0) is 4.79 Å². The van der Waals surface area contributed by atoms with Crippen LogP contribution in [0.25, 0.3) is 0 Å². The molecule has 2 unspecified atom stereocenters. The Morgan fingerprint density at radius 1 is 1.26 bits per heavy atom. The van der Waals surface area contributed by atoms with E-state index >= 15 is 0 Å². The molecule has 2 N–H and O–H groups in total. The number of carboxylic acids is 1. The average molecular weight is 391 g/mol. The van der Waals surface area contributed by atoms with Gasteiger partial charge >= 0.3 is 5.97 Å². The van der Waals surface area contributed by atoms with E-state index in [1.807, 2.05) is 6.07 Å². The molecule has 2 rings (SSSR count). The third kappa shape index (κ3) is 3.57. The van der Waals surface area contributed by atoms with Crippen molar-refractivity contribution in [3.05, 3.63) is 32.7 Å². The number of halogens is 2. The van der Waals surface area contributed by atoms with E-state index in [1.165, 1.54) is 0 Å². The minimum Gasteiger partial charge on any atom is -0.481 e. The van der Waals surface area contributed by atoms with Crippen molar-refractivity contribution in [1.29, 1.82) is 0 Å². The Kier molecular flexibility index (Phi) is 4.62. The molecule has 0 saturated heterocycles. The summed E-state index contributed by atoms with van der Waals surface area (Å²) in [5, 5.41) is 11.8. The third-order valence-corrected chi connectivity index (χ3v) is 4.44. The van der Waals surface area contributed by atoms with Crippen molar-refractivity contribution in [2.75, 3.05) is 0 Å². The number of carboxylic acid groups (broad SMARTS) is 1. The number of aliphatic carboxylic acids is 1. The SMILES string of the molecule is O=C(NC1CCC(C(=O)O)C1)c1ccc(Br)cc1Br. The quantitative estimate of drug-likeness (QED) is 0.832. The molecule has 1 aromatic rings. The summed E-state index contributed by atoms with van der Waals surface area (Å²) in [4.78, 5) is 23.0. The zero-order valence-electron chi connectivity index (χ0n) is 10.0. The maximum Gasteiger partial charge on any atom is 0.306 e. The Morgan fingerprint density at radius 2 is 2.00 bits per heavy atom. The second-order valence-corrected chi connectivity index (χ2v) is 6.41. The smallest absolute Gasteiger partial charge is 0.306 e. The maximum atomic E-state index is 12.1. The van der Waals surface area contributed by atoms with Gasteiger partial charge in [-0.1, -0.05) is 15.9 Å². The first-order valence-electron chi connectivity index (χ1n) is 5.96. The largest absolute Gasteiger partial charge is 0.481 e. The lowest BCUT2D eigenvalue weighted by atomic mass is 10.1. The molecule has 1 fully saturated rings.